The van der Waals surface area contributed by atoms with E-state index >= 15 is 0 Å². The second-order valence-corrected chi connectivity index (χ2v) is 3.83. The Morgan fingerprint density at radius 1 is 1.35 bits per heavy atom. The number of carbonyl (C=O) groups excluding carboxylic acids is 1. The normalized spacial score (nSPS) is 9.85. The number of nitrogen functional groups attached to an aromatic ring is 1. The highest BCUT2D eigenvalue weighted by molar-refractivity contribution is 6.07. The molecule has 1 aromatic heterocycles. The highest BCUT2D eigenvalue weighted by atomic mass is 16.6. The van der Waals surface area contributed by atoms with Gasteiger partial charge in [-0.05, 0) is 12.1 Å². The van der Waals surface area contributed by atoms with Crippen molar-refractivity contribution in [3.8, 4) is 0 Å². The van der Waals surface area contributed by atoms with Gasteiger partial charge in [-0.3, -0.25) is 25.7 Å². The van der Waals surface area contributed by atoms with Crippen molar-refractivity contribution in [2.45, 2.75) is 0 Å². The van der Waals surface area contributed by atoms with Gasteiger partial charge in [-0.15, -0.1) is 0 Å². The van der Waals surface area contributed by atoms with E-state index < -0.39 is 10.8 Å². The fourth-order valence-electron chi connectivity index (χ4n) is 1.60. The number of nitrogens with two attached hydrogens (primary N) is 1. The van der Waals surface area contributed by atoms with Gasteiger partial charge in [0.15, 0.2) is 0 Å². The quantitative estimate of drug-likeness (QED) is 0.441. The van der Waals surface area contributed by atoms with Crippen molar-refractivity contribution in [2.75, 3.05) is 10.7 Å². The third-order valence-electron chi connectivity index (χ3n) is 2.54. The first-order valence-electron chi connectivity index (χ1n) is 5.58. The molecule has 0 radical (unpaired) electrons. The number of hydrogen-bond acceptors (Lipinski definition) is 6. The predicted octanol–water partition coefficient (Wildman–Crippen LogP) is 1.53. The summed E-state index contributed by atoms with van der Waals surface area (Å²) in [5.41, 5.74) is 3.22. The number of nitro benzene ring substituents is 1. The van der Waals surface area contributed by atoms with Crippen molar-refractivity contribution in [1.82, 2.24) is 4.98 Å². The van der Waals surface area contributed by atoms with Gasteiger partial charge in [-0.2, -0.15) is 0 Å². The molecule has 1 aromatic carbocycles. The average Bonchev–Trinajstić information content (AvgIpc) is 2.47. The third kappa shape index (κ3) is 2.87. The Morgan fingerprint density at radius 3 is 2.85 bits per heavy atom. The van der Waals surface area contributed by atoms with Crippen LogP contribution in [0.5, 0.6) is 0 Å². The molecular formula is C12H11N5O3. The highest BCUT2D eigenvalue weighted by Gasteiger charge is 2.12. The summed E-state index contributed by atoms with van der Waals surface area (Å²) in [7, 11) is 0. The lowest BCUT2D eigenvalue weighted by atomic mass is 10.2. The van der Waals surface area contributed by atoms with Gasteiger partial charge in [0, 0.05) is 24.0 Å². The van der Waals surface area contributed by atoms with Gasteiger partial charge in [-0.1, -0.05) is 6.07 Å². The van der Waals surface area contributed by atoms with Crippen LogP contribution in [0, 0.1) is 10.1 Å². The van der Waals surface area contributed by atoms with Crippen molar-refractivity contribution in [1.29, 1.82) is 0 Å². The fourth-order valence-corrected chi connectivity index (χ4v) is 1.60. The summed E-state index contributed by atoms with van der Waals surface area (Å²) in [4.78, 5) is 26.0. The molecule has 8 nitrogen and oxygen atoms in total. The van der Waals surface area contributed by atoms with Gasteiger partial charge in [0.25, 0.3) is 11.6 Å². The van der Waals surface area contributed by atoms with Crippen LogP contribution < -0.4 is 16.6 Å². The molecule has 0 spiro atoms. The molecule has 1 heterocycles. The Morgan fingerprint density at radius 2 is 2.15 bits per heavy atom. The van der Waals surface area contributed by atoms with Crippen LogP contribution in [0.3, 0.4) is 0 Å². The van der Waals surface area contributed by atoms with Crippen LogP contribution in [0.1, 0.15) is 10.4 Å². The van der Waals surface area contributed by atoms with Crippen molar-refractivity contribution in [2.24, 2.45) is 5.84 Å². The summed E-state index contributed by atoms with van der Waals surface area (Å²) in [6.07, 6.45) is 2.85. The van der Waals surface area contributed by atoms with Crippen LogP contribution in [0.15, 0.2) is 42.7 Å². The highest BCUT2D eigenvalue weighted by Crippen LogP contribution is 2.19. The first-order valence-corrected chi connectivity index (χ1v) is 5.58. The number of nitro groups is 1. The smallest absolute Gasteiger partial charge is 0.271 e. The van der Waals surface area contributed by atoms with Gasteiger partial charge >= 0.3 is 0 Å². The summed E-state index contributed by atoms with van der Waals surface area (Å²) < 4.78 is 0. The molecule has 2 rings (SSSR count). The SMILES string of the molecule is NNc1cnccc1C(=O)Nc1cccc([N+](=O)[O-])c1. The second kappa shape index (κ2) is 5.76. The van der Waals surface area contributed by atoms with Crippen LogP contribution in [-0.2, 0) is 0 Å². The number of nitrogens with one attached hydrogen (secondary N) is 2. The molecule has 8 heteroatoms. The number of pyridine rings is 1. The Labute approximate surface area is 113 Å². The maximum absolute atomic E-state index is 12.1. The van der Waals surface area contributed by atoms with Crippen molar-refractivity contribution >= 4 is 23.0 Å². The minimum absolute atomic E-state index is 0.102. The standard InChI is InChI=1S/C12H11N5O3/c13-16-11-7-14-5-4-10(11)12(18)15-8-2-1-3-9(6-8)17(19)20/h1-7,16H,13H2,(H,15,18). The molecule has 0 fully saturated rings. The van der Waals surface area contributed by atoms with E-state index in [1.807, 2.05) is 0 Å². The van der Waals surface area contributed by atoms with Crippen LogP contribution in [0.25, 0.3) is 0 Å². The number of hydrogen-bond donors (Lipinski definition) is 3. The van der Waals surface area contributed by atoms with Gasteiger partial charge in [0.05, 0.1) is 22.4 Å². The second-order valence-electron chi connectivity index (χ2n) is 3.83. The summed E-state index contributed by atoms with van der Waals surface area (Å²) in [6.45, 7) is 0. The minimum Gasteiger partial charge on any atom is -0.322 e. The molecule has 0 aliphatic carbocycles. The molecule has 0 aliphatic heterocycles. The Balaban J connectivity index is 2.23. The Bertz CT molecular complexity index is 659. The monoisotopic (exact) mass is 273 g/mol. The molecule has 0 saturated carbocycles. The van der Waals surface area contributed by atoms with Gasteiger partial charge in [-0.25, -0.2) is 0 Å². The summed E-state index contributed by atoms with van der Waals surface area (Å²) in [5.74, 6) is 4.84. The summed E-state index contributed by atoms with van der Waals surface area (Å²) in [6, 6.07) is 7.15. The van der Waals surface area contributed by atoms with E-state index in [1.165, 1.54) is 36.7 Å². The largest absolute Gasteiger partial charge is 0.322 e. The number of rotatable bonds is 4. The molecule has 0 atom stereocenters. The van der Waals surface area contributed by atoms with Gasteiger partial charge in [0.1, 0.15) is 0 Å². The number of aromatic nitrogens is 1. The number of amides is 1. The lowest BCUT2D eigenvalue weighted by Crippen LogP contribution is -2.17. The maximum atomic E-state index is 12.1. The molecule has 4 N–H and O–H groups in total. The van der Waals surface area contributed by atoms with Crippen LogP contribution in [-0.4, -0.2) is 15.8 Å². The molecule has 0 aliphatic rings. The van der Waals surface area contributed by atoms with E-state index in [0.29, 0.717) is 11.4 Å². The Hall–Kier alpha value is -3.00. The third-order valence-corrected chi connectivity index (χ3v) is 2.54. The average molecular weight is 273 g/mol. The lowest BCUT2D eigenvalue weighted by molar-refractivity contribution is -0.384. The zero-order valence-electron chi connectivity index (χ0n) is 10.2. The zero-order valence-corrected chi connectivity index (χ0v) is 10.2. The number of nitrogens with zero attached hydrogens (tertiary/aromatic N) is 2. The number of anilines is 2. The zero-order chi connectivity index (χ0) is 14.5. The van der Waals surface area contributed by atoms with E-state index in [1.54, 1.807) is 6.07 Å². The lowest BCUT2D eigenvalue weighted by Gasteiger charge is -2.08. The molecule has 0 bridgehead atoms. The van der Waals surface area contributed by atoms with E-state index in [0.717, 1.165) is 0 Å². The van der Waals surface area contributed by atoms with Crippen LogP contribution in [0.2, 0.25) is 0 Å². The first kappa shape index (κ1) is 13.4. The molecule has 0 unspecified atom stereocenters. The Kier molecular flexibility index (Phi) is 3.87. The number of hydrazine groups is 1. The molecule has 20 heavy (non-hydrogen) atoms. The van der Waals surface area contributed by atoms with Crippen molar-refractivity contribution in [3.63, 3.8) is 0 Å². The van der Waals surface area contributed by atoms with Crippen molar-refractivity contribution in [3.05, 3.63) is 58.4 Å². The predicted molar refractivity (Wildman–Crippen MR) is 73.1 cm³/mol. The minimum atomic E-state index is -0.533. The van der Waals surface area contributed by atoms with Crippen LogP contribution >= 0.6 is 0 Å². The molecule has 0 saturated heterocycles. The van der Waals surface area contributed by atoms with E-state index in [9.17, 15) is 14.9 Å². The molecule has 1 amide bonds. The molecule has 2 aromatic rings. The molecule has 102 valence electrons. The number of benzene rings is 1. The van der Waals surface area contributed by atoms with E-state index in [-0.39, 0.29) is 11.3 Å². The van der Waals surface area contributed by atoms with Crippen LogP contribution in [0.4, 0.5) is 17.1 Å². The van der Waals surface area contributed by atoms with E-state index in [4.69, 9.17) is 5.84 Å². The topological polar surface area (TPSA) is 123 Å². The number of carbonyl (C=O) groups is 1. The van der Waals surface area contributed by atoms with Gasteiger partial charge < -0.3 is 10.7 Å². The summed E-state index contributed by atoms with van der Waals surface area (Å²) >= 11 is 0. The fraction of sp³-hybridized carbons (Fsp3) is 0. The van der Waals surface area contributed by atoms with Gasteiger partial charge in [0.2, 0.25) is 0 Å². The van der Waals surface area contributed by atoms with E-state index in [2.05, 4.69) is 15.7 Å². The molecular weight excluding hydrogens is 262 g/mol. The first-order chi connectivity index (χ1) is 9.61. The van der Waals surface area contributed by atoms with Crippen molar-refractivity contribution < 1.29 is 9.72 Å². The summed E-state index contributed by atoms with van der Waals surface area (Å²) in [5, 5.41) is 13.2. The maximum Gasteiger partial charge on any atom is 0.271 e. The number of non-ortho nitro benzene ring substituents is 1.